The zero-order valence-electron chi connectivity index (χ0n) is 27.9. The molecule has 1 aliphatic rings. The minimum absolute atomic E-state index is 0.146. The average molecular weight is 722 g/mol. The Morgan fingerprint density at radius 2 is 1.74 bits per heavy atom. The monoisotopic (exact) mass is 720 g/mol. The molecule has 5 rings (SSSR count). The highest BCUT2D eigenvalue weighted by Crippen LogP contribution is 2.38. The Bertz CT molecular complexity index is 1780. The van der Waals surface area contributed by atoms with E-state index in [9.17, 15) is 20.6 Å². The van der Waals surface area contributed by atoms with Gasteiger partial charge < -0.3 is 39.7 Å². The number of likely N-dealkylation sites (tertiary alicyclic amines) is 1. The molecule has 1 saturated heterocycles. The van der Waals surface area contributed by atoms with Crippen LogP contribution in [0, 0.1) is 18.3 Å². The van der Waals surface area contributed by atoms with Crippen LogP contribution >= 0.6 is 23.2 Å². The minimum atomic E-state index is -0.513. The Hall–Kier alpha value is -3.92. The Labute approximate surface area is 302 Å². The van der Waals surface area contributed by atoms with E-state index < -0.39 is 6.04 Å². The molecule has 264 valence electrons. The predicted molar refractivity (Wildman–Crippen MR) is 193 cm³/mol. The van der Waals surface area contributed by atoms with Gasteiger partial charge in [0.15, 0.2) is 0 Å². The number of nitrogens with one attached hydrogen (secondary N) is 1. The Morgan fingerprint density at radius 1 is 0.960 bits per heavy atom. The number of aliphatic hydroxyl groups is 3. The number of aromatic nitrogens is 1. The molecule has 1 fully saturated rings. The molecule has 3 aromatic carbocycles. The molecule has 10 nitrogen and oxygen atoms in total. The summed E-state index contributed by atoms with van der Waals surface area (Å²) in [6, 6.07) is 18.5. The number of β-amino-alcohol motifs (C(OH)–C–C–N with tert-alkyl or cyclic N) is 1. The van der Waals surface area contributed by atoms with Gasteiger partial charge in [-0.15, -0.1) is 0 Å². The molecule has 0 saturated carbocycles. The van der Waals surface area contributed by atoms with E-state index in [2.05, 4.69) is 21.3 Å². The third kappa shape index (κ3) is 9.86. The van der Waals surface area contributed by atoms with Gasteiger partial charge in [-0.1, -0.05) is 53.5 Å². The van der Waals surface area contributed by atoms with Gasteiger partial charge in [0.1, 0.15) is 36.5 Å². The molecular formula is C38H42Cl2N4O6. The molecule has 1 atom stereocenters. The van der Waals surface area contributed by atoms with Crippen molar-refractivity contribution < 1.29 is 29.5 Å². The van der Waals surface area contributed by atoms with E-state index in [0.29, 0.717) is 57.1 Å². The molecule has 2 heterocycles. The van der Waals surface area contributed by atoms with Crippen LogP contribution in [0.25, 0.3) is 11.1 Å². The van der Waals surface area contributed by atoms with Crippen molar-refractivity contribution in [3.05, 3.63) is 105 Å². The molecule has 4 aromatic rings. The maximum absolute atomic E-state index is 9.76. The summed E-state index contributed by atoms with van der Waals surface area (Å²) < 4.78 is 18.5. The van der Waals surface area contributed by atoms with Gasteiger partial charge in [0.2, 0.25) is 0 Å². The second-order valence-corrected chi connectivity index (χ2v) is 13.0. The van der Waals surface area contributed by atoms with E-state index in [-0.39, 0.29) is 39.1 Å². The van der Waals surface area contributed by atoms with E-state index in [4.69, 9.17) is 37.4 Å². The van der Waals surface area contributed by atoms with Gasteiger partial charge >= 0.3 is 0 Å². The molecule has 0 spiro atoms. The number of aliphatic hydroxyl groups excluding tert-OH is 3. The first kappa shape index (κ1) is 37.3. The van der Waals surface area contributed by atoms with E-state index in [1.165, 1.54) is 6.20 Å². The predicted octanol–water partition coefficient (Wildman–Crippen LogP) is 5.67. The van der Waals surface area contributed by atoms with Gasteiger partial charge in [-0.3, -0.25) is 4.98 Å². The van der Waals surface area contributed by atoms with Crippen LogP contribution in [0.15, 0.2) is 67.0 Å². The van der Waals surface area contributed by atoms with Crippen LogP contribution in [0.5, 0.6) is 17.2 Å². The quantitative estimate of drug-likeness (QED) is 0.101. The van der Waals surface area contributed by atoms with Crippen LogP contribution in [0.1, 0.15) is 40.7 Å². The lowest BCUT2D eigenvalue weighted by molar-refractivity contribution is 0.169. The van der Waals surface area contributed by atoms with E-state index in [1.54, 1.807) is 24.4 Å². The van der Waals surface area contributed by atoms with Gasteiger partial charge in [0.05, 0.1) is 47.6 Å². The summed E-state index contributed by atoms with van der Waals surface area (Å²) >= 11 is 13.6. The summed E-state index contributed by atoms with van der Waals surface area (Å²) in [4.78, 5) is 6.35. The number of pyridine rings is 1. The zero-order valence-corrected chi connectivity index (χ0v) is 29.5. The first-order valence-electron chi connectivity index (χ1n) is 16.6. The SMILES string of the molecule is Cc1c(COc2cc(OCc3cncc(C#N)c3)c(CNC(CO)CO)cc2Cl)cccc1-c1cccc(OCCCN2CC[C@@H](O)C2)c1Cl. The van der Waals surface area contributed by atoms with Crippen molar-refractivity contribution in [2.24, 2.45) is 0 Å². The van der Waals surface area contributed by atoms with Crippen LogP contribution < -0.4 is 19.5 Å². The third-order valence-corrected chi connectivity index (χ3v) is 9.35. The van der Waals surface area contributed by atoms with Gasteiger partial charge in [0.25, 0.3) is 0 Å². The number of nitriles is 1. The molecule has 50 heavy (non-hydrogen) atoms. The standard InChI is InChI=1S/C38H42Cl2N4O6/c1-25-28(5-2-6-32(25)33-7-3-8-35(38(33)40)48-12-4-10-44-11-9-31(47)20-44)24-50-37-15-36(49-23-27-13-26(16-41)17-42-18-27)29(14-34(37)39)19-43-30(21-45)22-46/h2-3,5-8,13-15,17-18,30-31,43,45-47H,4,9-12,19-24H2,1H3/t31-/m1/s1. The Balaban J connectivity index is 1.30. The fourth-order valence-corrected chi connectivity index (χ4v) is 6.32. The molecule has 0 aliphatic carbocycles. The van der Waals surface area contributed by atoms with Crippen LogP contribution in [0.3, 0.4) is 0 Å². The number of nitrogens with zero attached hydrogens (tertiary/aromatic N) is 3. The number of ether oxygens (including phenoxy) is 3. The largest absolute Gasteiger partial charge is 0.492 e. The highest BCUT2D eigenvalue weighted by Gasteiger charge is 2.20. The molecular weight excluding hydrogens is 679 g/mol. The molecule has 4 N–H and O–H groups in total. The molecule has 1 aliphatic heterocycles. The summed E-state index contributed by atoms with van der Waals surface area (Å²) in [5, 5.41) is 42.1. The van der Waals surface area contributed by atoms with Crippen LogP contribution in [-0.2, 0) is 19.8 Å². The smallest absolute Gasteiger partial charge is 0.142 e. The van der Waals surface area contributed by atoms with E-state index in [1.807, 2.05) is 43.3 Å². The molecule has 0 unspecified atom stereocenters. The summed E-state index contributed by atoms with van der Waals surface area (Å²) in [5.41, 5.74) is 5.59. The van der Waals surface area contributed by atoms with Crippen molar-refractivity contribution in [1.82, 2.24) is 15.2 Å². The number of benzene rings is 3. The van der Waals surface area contributed by atoms with Gasteiger partial charge in [-0.05, 0) is 54.7 Å². The minimum Gasteiger partial charge on any atom is -0.492 e. The van der Waals surface area contributed by atoms with E-state index >= 15 is 0 Å². The van der Waals surface area contributed by atoms with E-state index in [0.717, 1.165) is 48.2 Å². The highest BCUT2D eigenvalue weighted by molar-refractivity contribution is 6.35. The lowest BCUT2D eigenvalue weighted by atomic mass is 9.96. The van der Waals surface area contributed by atoms with Crippen LogP contribution in [0.2, 0.25) is 10.0 Å². The summed E-state index contributed by atoms with van der Waals surface area (Å²) in [6.45, 7) is 5.21. The fraction of sp³-hybridized carbons (Fsp3) is 0.368. The second-order valence-electron chi connectivity index (χ2n) is 12.3. The van der Waals surface area contributed by atoms with Crippen molar-refractivity contribution in [3.63, 3.8) is 0 Å². The summed E-state index contributed by atoms with van der Waals surface area (Å²) in [5.74, 6) is 1.53. The topological polar surface area (TPSA) is 140 Å². The molecule has 0 bridgehead atoms. The first-order chi connectivity index (χ1) is 24.3. The Morgan fingerprint density at radius 3 is 2.50 bits per heavy atom. The lowest BCUT2D eigenvalue weighted by Crippen LogP contribution is -2.35. The van der Waals surface area contributed by atoms with Gasteiger partial charge in [-0.2, -0.15) is 5.26 Å². The lowest BCUT2D eigenvalue weighted by Gasteiger charge is -2.19. The summed E-state index contributed by atoms with van der Waals surface area (Å²) in [7, 11) is 0. The summed E-state index contributed by atoms with van der Waals surface area (Å²) in [6.07, 6.45) is 4.54. The van der Waals surface area contributed by atoms with Gasteiger partial charge in [-0.25, -0.2) is 0 Å². The second kappa shape index (κ2) is 18.4. The zero-order chi connectivity index (χ0) is 35.5. The molecule has 1 aromatic heterocycles. The Kier molecular flexibility index (Phi) is 13.7. The molecule has 12 heteroatoms. The molecule has 0 amide bonds. The molecule has 0 radical (unpaired) electrons. The first-order valence-corrected chi connectivity index (χ1v) is 17.3. The maximum atomic E-state index is 9.76. The average Bonchev–Trinajstić information content (AvgIpc) is 3.55. The van der Waals surface area contributed by atoms with Crippen molar-refractivity contribution in [1.29, 1.82) is 5.26 Å². The fourth-order valence-electron chi connectivity index (χ4n) is 5.79. The highest BCUT2D eigenvalue weighted by atomic mass is 35.5. The van der Waals surface area contributed by atoms with Crippen molar-refractivity contribution in [2.45, 2.75) is 51.7 Å². The van der Waals surface area contributed by atoms with Crippen molar-refractivity contribution in [3.8, 4) is 34.4 Å². The van der Waals surface area contributed by atoms with Crippen molar-refractivity contribution >= 4 is 23.2 Å². The van der Waals surface area contributed by atoms with Crippen LogP contribution in [-0.4, -0.2) is 76.8 Å². The number of hydrogen-bond acceptors (Lipinski definition) is 10. The number of halogens is 2. The number of hydrogen-bond donors (Lipinski definition) is 4. The van der Waals surface area contributed by atoms with Crippen molar-refractivity contribution in [2.75, 3.05) is 39.5 Å². The van der Waals surface area contributed by atoms with Gasteiger partial charge in [0, 0.05) is 61.3 Å². The maximum Gasteiger partial charge on any atom is 0.142 e. The van der Waals surface area contributed by atoms with Crippen LogP contribution in [0.4, 0.5) is 0 Å². The third-order valence-electron chi connectivity index (χ3n) is 8.66. The number of rotatable bonds is 17. The normalized spacial score (nSPS) is 14.6.